The van der Waals surface area contributed by atoms with Gasteiger partial charge in [-0.25, -0.2) is 9.18 Å². The van der Waals surface area contributed by atoms with Gasteiger partial charge in [0.2, 0.25) is 0 Å². The molecule has 38 heavy (non-hydrogen) atoms. The number of carbonyl (C=O) groups excluding carboxylic acids is 1. The van der Waals surface area contributed by atoms with E-state index in [9.17, 15) is 9.18 Å². The van der Waals surface area contributed by atoms with Crippen molar-refractivity contribution in [1.82, 2.24) is 0 Å². The Morgan fingerprint density at radius 3 is 2.05 bits per heavy atom. The number of hydrogen-bond acceptors (Lipinski definition) is 4. The lowest BCUT2D eigenvalue weighted by molar-refractivity contribution is 0.0734. The molecule has 4 nitrogen and oxygen atoms in total. The van der Waals surface area contributed by atoms with Gasteiger partial charge in [-0.05, 0) is 78.7 Å². The number of nitrogens with zero attached hydrogens (tertiary/aromatic N) is 1. The molecule has 0 fully saturated rings. The molecule has 3 aromatic rings. The molecule has 0 spiro atoms. The van der Waals surface area contributed by atoms with Crippen LogP contribution >= 0.6 is 11.6 Å². The molecule has 0 atom stereocenters. The predicted molar refractivity (Wildman–Crippen MR) is 154 cm³/mol. The molecule has 3 rings (SSSR count). The third-order valence-electron chi connectivity index (χ3n) is 6.21. The number of hydrogen-bond donors (Lipinski definition) is 0. The number of ether oxygens (including phenoxy) is 2. The summed E-state index contributed by atoms with van der Waals surface area (Å²) in [6, 6.07) is 18.2. The SMILES string of the molecule is CCCCCCCCCCCCOc1ccc(C(=O)Oc2ccc(C=Nc3ccc(F)c(Cl)c3)cc2)cc1. The third-order valence-corrected chi connectivity index (χ3v) is 6.50. The van der Waals surface area contributed by atoms with Crippen LogP contribution in [0.25, 0.3) is 0 Å². The molecule has 0 aliphatic carbocycles. The van der Waals surface area contributed by atoms with Crippen molar-refractivity contribution in [3.63, 3.8) is 0 Å². The van der Waals surface area contributed by atoms with E-state index in [-0.39, 0.29) is 5.02 Å². The summed E-state index contributed by atoms with van der Waals surface area (Å²) in [7, 11) is 0. The lowest BCUT2D eigenvalue weighted by atomic mass is 10.1. The van der Waals surface area contributed by atoms with Crippen LogP contribution in [-0.2, 0) is 0 Å². The Bertz CT molecular complexity index is 1150. The van der Waals surface area contributed by atoms with Crippen molar-refractivity contribution in [3.8, 4) is 11.5 Å². The van der Waals surface area contributed by atoms with E-state index in [1.54, 1.807) is 60.8 Å². The van der Waals surface area contributed by atoms with Crippen molar-refractivity contribution in [2.75, 3.05) is 6.61 Å². The number of unbranched alkanes of at least 4 members (excludes halogenated alkanes) is 9. The van der Waals surface area contributed by atoms with E-state index >= 15 is 0 Å². The number of esters is 1. The molecule has 0 heterocycles. The molecular formula is C32H37ClFNO3. The Hall–Kier alpha value is -3.18. The molecular weight excluding hydrogens is 501 g/mol. The van der Waals surface area contributed by atoms with E-state index in [2.05, 4.69) is 11.9 Å². The van der Waals surface area contributed by atoms with Gasteiger partial charge in [-0.3, -0.25) is 4.99 Å². The average Bonchev–Trinajstić information content (AvgIpc) is 2.93. The highest BCUT2D eigenvalue weighted by Crippen LogP contribution is 2.22. The minimum absolute atomic E-state index is 0.0237. The van der Waals surface area contributed by atoms with E-state index in [1.807, 2.05) is 0 Å². The van der Waals surface area contributed by atoms with Crippen LogP contribution in [0.5, 0.6) is 11.5 Å². The molecule has 6 heteroatoms. The van der Waals surface area contributed by atoms with Gasteiger partial charge in [0.25, 0.3) is 0 Å². The Morgan fingerprint density at radius 1 is 0.816 bits per heavy atom. The van der Waals surface area contributed by atoms with Gasteiger partial charge in [0.15, 0.2) is 0 Å². The van der Waals surface area contributed by atoms with Crippen molar-refractivity contribution in [3.05, 3.63) is 88.7 Å². The van der Waals surface area contributed by atoms with Crippen LogP contribution in [0.15, 0.2) is 71.7 Å². The number of aliphatic imine (C=N–C) groups is 1. The van der Waals surface area contributed by atoms with Crippen LogP contribution in [0.2, 0.25) is 5.02 Å². The Morgan fingerprint density at radius 2 is 1.42 bits per heavy atom. The standard InChI is InChI=1S/C32H37ClFNO3/c1-2-3-4-5-6-7-8-9-10-11-22-37-28-19-14-26(15-20-28)32(36)38-29-17-12-25(13-18-29)24-35-27-16-21-31(34)30(33)23-27/h12-21,23-24H,2-11,22H2,1H3. The van der Waals surface area contributed by atoms with Crippen LogP contribution in [0.3, 0.4) is 0 Å². The molecule has 0 amide bonds. The summed E-state index contributed by atoms with van der Waals surface area (Å²) in [6.07, 6.45) is 14.5. The van der Waals surface area contributed by atoms with Gasteiger partial charge >= 0.3 is 5.97 Å². The van der Waals surface area contributed by atoms with Crippen molar-refractivity contribution < 1.29 is 18.7 Å². The van der Waals surface area contributed by atoms with Crippen molar-refractivity contribution >= 4 is 29.5 Å². The number of carbonyl (C=O) groups is 1. The first-order chi connectivity index (χ1) is 18.5. The highest BCUT2D eigenvalue weighted by molar-refractivity contribution is 6.31. The van der Waals surface area contributed by atoms with Gasteiger partial charge < -0.3 is 9.47 Å². The summed E-state index contributed by atoms with van der Waals surface area (Å²) in [5.74, 6) is 0.263. The zero-order valence-corrected chi connectivity index (χ0v) is 22.9. The summed E-state index contributed by atoms with van der Waals surface area (Å²) >= 11 is 5.78. The minimum Gasteiger partial charge on any atom is -0.494 e. The predicted octanol–water partition coefficient (Wildman–Crippen LogP) is 9.75. The summed E-state index contributed by atoms with van der Waals surface area (Å²) in [4.78, 5) is 16.8. The number of rotatable bonds is 16. The highest BCUT2D eigenvalue weighted by Gasteiger charge is 2.09. The normalized spacial score (nSPS) is 11.1. The van der Waals surface area contributed by atoms with E-state index in [0.29, 0.717) is 23.6 Å². The van der Waals surface area contributed by atoms with E-state index in [1.165, 1.54) is 69.9 Å². The fraction of sp³-hybridized carbons (Fsp3) is 0.375. The monoisotopic (exact) mass is 537 g/mol. The van der Waals surface area contributed by atoms with Crippen molar-refractivity contribution in [2.45, 2.75) is 71.1 Å². The largest absolute Gasteiger partial charge is 0.494 e. The maximum Gasteiger partial charge on any atom is 0.343 e. The first kappa shape index (κ1) is 29.4. The zero-order valence-electron chi connectivity index (χ0n) is 22.1. The van der Waals surface area contributed by atoms with Crippen LogP contribution in [0.4, 0.5) is 10.1 Å². The topological polar surface area (TPSA) is 47.9 Å². The van der Waals surface area contributed by atoms with Crippen molar-refractivity contribution in [1.29, 1.82) is 0 Å². The third kappa shape index (κ3) is 10.7. The summed E-state index contributed by atoms with van der Waals surface area (Å²) in [6.45, 7) is 2.94. The van der Waals surface area contributed by atoms with Crippen LogP contribution in [-0.4, -0.2) is 18.8 Å². The van der Waals surface area contributed by atoms with Gasteiger partial charge in [-0.1, -0.05) is 76.3 Å². The van der Waals surface area contributed by atoms with Gasteiger partial charge in [0.1, 0.15) is 17.3 Å². The second-order valence-corrected chi connectivity index (χ2v) is 9.78. The first-order valence-corrected chi connectivity index (χ1v) is 14.0. The zero-order chi connectivity index (χ0) is 27.0. The fourth-order valence-corrected chi connectivity index (χ4v) is 4.14. The molecule has 0 bridgehead atoms. The molecule has 0 aromatic heterocycles. The molecule has 0 radical (unpaired) electrons. The lowest BCUT2D eigenvalue weighted by Crippen LogP contribution is -2.08. The summed E-state index contributed by atoms with van der Waals surface area (Å²) in [5.41, 5.74) is 1.80. The Labute approximate surface area is 230 Å². The minimum atomic E-state index is -0.483. The van der Waals surface area contributed by atoms with Crippen LogP contribution in [0.1, 0.15) is 87.1 Å². The second-order valence-electron chi connectivity index (χ2n) is 9.37. The van der Waals surface area contributed by atoms with Gasteiger partial charge in [-0.2, -0.15) is 0 Å². The molecule has 202 valence electrons. The Kier molecular flexibility index (Phi) is 12.8. The van der Waals surface area contributed by atoms with E-state index < -0.39 is 11.8 Å². The molecule has 3 aromatic carbocycles. The maximum absolute atomic E-state index is 13.3. The quantitative estimate of drug-likeness (QED) is 0.0790. The van der Waals surface area contributed by atoms with E-state index in [4.69, 9.17) is 21.1 Å². The highest BCUT2D eigenvalue weighted by atomic mass is 35.5. The Balaban J connectivity index is 1.34. The molecule has 0 saturated heterocycles. The number of halogens is 2. The molecule has 0 unspecified atom stereocenters. The molecule has 0 aliphatic heterocycles. The smallest absolute Gasteiger partial charge is 0.343 e. The summed E-state index contributed by atoms with van der Waals surface area (Å²) in [5, 5.41) is 0.0237. The molecule has 0 saturated carbocycles. The first-order valence-electron chi connectivity index (χ1n) is 13.6. The van der Waals surface area contributed by atoms with Gasteiger partial charge in [-0.15, -0.1) is 0 Å². The molecule has 0 aliphatic rings. The van der Waals surface area contributed by atoms with Crippen LogP contribution < -0.4 is 9.47 Å². The average molecular weight is 538 g/mol. The maximum atomic E-state index is 13.3. The van der Waals surface area contributed by atoms with Gasteiger partial charge in [0, 0.05) is 6.21 Å². The van der Waals surface area contributed by atoms with Crippen LogP contribution in [0, 0.1) is 5.82 Å². The fourth-order valence-electron chi connectivity index (χ4n) is 3.97. The number of benzene rings is 3. The lowest BCUT2D eigenvalue weighted by Gasteiger charge is -2.08. The molecule has 0 N–H and O–H groups in total. The van der Waals surface area contributed by atoms with Gasteiger partial charge in [0.05, 0.1) is 22.9 Å². The van der Waals surface area contributed by atoms with Crippen molar-refractivity contribution in [2.24, 2.45) is 4.99 Å². The van der Waals surface area contributed by atoms with E-state index in [0.717, 1.165) is 17.7 Å². The second kappa shape index (κ2) is 16.6. The summed E-state index contributed by atoms with van der Waals surface area (Å²) < 4.78 is 24.6.